The van der Waals surface area contributed by atoms with Crippen LogP contribution in [-0.2, 0) is 5.41 Å². The van der Waals surface area contributed by atoms with E-state index < -0.39 is 0 Å². The summed E-state index contributed by atoms with van der Waals surface area (Å²) in [7, 11) is 0. The smallest absolute Gasteiger partial charge is 0.139 e. The summed E-state index contributed by atoms with van der Waals surface area (Å²) in [5.74, 6) is 0. The lowest BCUT2D eigenvalue weighted by atomic mass is 9.76. The highest BCUT2D eigenvalue weighted by Crippen LogP contribution is 2.54. The molecule has 2 atom stereocenters. The highest BCUT2D eigenvalue weighted by molar-refractivity contribution is 6.16. The molecule has 0 saturated carbocycles. The Kier molecular flexibility index (Phi) is 5.83. The van der Waals surface area contributed by atoms with Crippen molar-refractivity contribution in [2.45, 2.75) is 18.4 Å². The van der Waals surface area contributed by atoms with E-state index in [2.05, 4.69) is 103 Å². The second-order valence-corrected chi connectivity index (χ2v) is 13.3. The van der Waals surface area contributed by atoms with E-state index in [0.29, 0.717) is 11.1 Å². The number of fused-ring (bicyclic) bond motifs is 9. The number of para-hydroxylation sites is 2. The van der Waals surface area contributed by atoms with Crippen LogP contribution in [0.15, 0.2) is 148 Å². The summed E-state index contributed by atoms with van der Waals surface area (Å²) in [4.78, 5) is 2.35. The molecular formula is C45H27N3O2. The summed E-state index contributed by atoms with van der Waals surface area (Å²) < 4.78 is 12.7. The highest BCUT2D eigenvalue weighted by Gasteiger charge is 2.47. The average molecular weight is 642 g/mol. The number of furan rings is 2. The Balaban J connectivity index is 1.16. The quantitative estimate of drug-likeness (QED) is 0.192. The summed E-state index contributed by atoms with van der Waals surface area (Å²) in [6, 6.07) is 43.6. The summed E-state index contributed by atoms with van der Waals surface area (Å²) in [5.41, 5.74) is 11.4. The monoisotopic (exact) mass is 641 g/mol. The van der Waals surface area contributed by atoms with Crippen molar-refractivity contribution in [3.63, 3.8) is 0 Å². The fraction of sp³-hybridized carbons (Fsp3) is 0.0667. The van der Waals surface area contributed by atoms with Gasteiger partial charge in [-0.05, 0) is 83.8 Å². The number of anilines is 2. The van der Waals surface area contributed by atoms with Crippen molar-refractivity contribution in [1.82, 2.24) is 0 Å². The molecule has 10 rings (SSSR count). The molecule has 0 amide bonds. The molecule has 6 aromatic carbocycles. The number of rotatable bonds is 3. The van der Waals surface area contributed by atoms with E-state index >= 15 is 0 Å². The predicted octanol–water partition coefficient (Wildman–Crippen LogP) is 11.5. The van der Waals surface area contributed by atoms with Crippen LogP contribution >= 0.6 is 0 Å². The molecule has 0 spiro atoms. The first-order valence-corrected chi connectivity index (χ1v) is 16.7. The van der Waals surface area contributed by atoms with E-state index in [1.807, 2.05) is 60.7 Å². The van der Waals surface area contributed by atoms with Gasteiger partial charge in [-0.3, -0.25) is 0 Å². The molecule has 2 unspecified atom stereocenters. The van der Waals surface area contributed by atoms with Gasteiger partial charge in [-0.1, -0.05) is 78.9 Å². The van der Waals surface area contributed by atoms with E-state index in [1.54, 1.807) is 0 Å². The van der Waals surface area contributed by atoms with Crippen LogP contribution in [0.25, 0.3) is 66.1 Å². The Morgan fingerprint density at radius 2 is 1.32 bits per heavy atom. The van der Waals surface area contributed by atoms with Crippen molar-refractivity contribution in [3.8, 4) is 34.4 Å². The molecule has 50 heavy (non-hydrogen) atoms. The van der Waals surface area contributed by atoms with Crippen LogP contribution in [0, 0.1) is 22.7 Å². The normalized spacial score (nSPS) is 17.7. The highest BCUT2D eigenvalue weighted by atomic mass is 16.3. The van der Waals surface area contributed by atoms with Crippen LogP contribution in [0.2, 0.25) is 0 Å². The van der Waals surface area contributed by atoms with Crippen LogP contribution in [0.5, 0.6) is 0 Å². The molecule has 5 heteroatoms. The Labute approximate surface area is 287 Å². The molecule has 234 valence electrons. The molecule has 1 aliphatic carbocycles. The molecule has 2 aromatic heterocycles. The minimum absolute atomic E-state index is 0.0200. The first kappa shape index (κ1) is 28.2. The summed E-state index contributed by atoms with van der Waals surface area (Å²) in [6.45, 7) is 2.28. The zero-order chi connectivity index (χ0) is 33.6. The van der Waals surface area contributed by atoms with Crippen molar-refractivity contribution in [3.05, 3.63) is 156 Å². The maximum absolute atomic E-state index is 10.5. The van der Waals surface area contributed by atoms with Gasteiger partial charge in [0.15, 0.2) is 0 Å². The minimum atomic E-state index is -0.229. The van der Waals surface area contributed by atoms with Crippen LogP contribution in [0.3, 0.4) is 0 Å². The maximum Gasteiger partial charge on any atom is 0.139 e. The van der Waals surface area contributed by atoms with E-state index in [9.17, 15) is 10.5 Å². The summed E-state index contributed by atoms with van der Waals surface area (Å²) >= 11 is 0. The van der Waals surface area contributed by atoms with E-state index in [1.165, 1.54) is 5.56 Å². The van der Waals surface area contributed by atoms with Crippen molar-refractivity contribution >= 4 is 55.3 Å². The molecule has 0 bridgehead atoms. The van der Waals surface area contributed by atoms with Gasteiger partial charge in [0.2, 0.25) is 0 Å². The lowest BCUT2D eigenvalue weighted by Crippen LogP contribution is -2.39. The molecule has 8 aromatic rings. The van der Waals surface area contributed by atoms with Crippen molar-refractivity contribution in [2.24, 2.45) is 0 Å². The van der Waals surface area contributed by atoms with Gasteiger partial charge < -0.3 is 13.7 Å². The first-order valence-electron chi connectivity index (χ1n) is 16.7. The predicted molar refractivity (Wildman–Crippen MR) is 199 cm³/mol. The van der Waals surface area contributed by atoms with Crippen molar-refractivity contribution < 1.29 is 8.83 Å². The fourth-order valence-electron chi connectivity index (χ4n) is 8.16. The van der Waals surface area contributed by atoms with Gasteiger partial charge in [0.25, 0.3) is 0 Å². The zero-order valence-electron chi connectivity index (χ0n) is 27.0. The van der Waals surface area contributed by atoms with Gasteiger partial charge in [-0.2, -0.15) is 10.5 Å². The third-order valence-electron chi connectivity index (χ3n) is 10.6. The molecule has 0 saturated heterocycles. The van der Waals surface area contributed by atoms with Crippen LogP contribution in [0.1, 0.15) is 23.6 Å². The molecule has 2 aliphatic rings. The van der Waals surface area contributed by atoms with Crippen molar-refractivity contribution in [1.29, 1.82) is 10.5 Å². The molecular weight excluding hydrogens is 615 g/mol. The molecule has 1 aliphatic heterocycles. The third kappa shape index (κ3) is 3.92. The molecule has 0 N–H and O–H groups in total. The Bertz CT molecular complexity index is 2890. The minimum Gasteiger partial charge on any atom is -0.456 e. The van der Waals surface area contributed by atoms with Gasteiger partial charge in [-0.25, -0.2) is 0 Å². The van der Waals surface area contributed by atoms with E-state index in [-0.39, 0.29) is 11.5 Å². The SMILES string of the molecule is CC12C=CC=CC1N(c1c(C#N)cccc1-c1ccc3oc4cc5oc6ccc(-c7cccc(C#N)c7)cc6c5cc4c3c1)c1ccccc12. The summed E-state index contributed by atoms with van der Waals surface area (Å²) in [6.07, 6.45) is 8.76. The number of nitriles is 2. The van der Waals surface area contributed by atoms with Crippen LogP contribution in [0.4, 0.5) is 11.4 Å². The van der Waals surface area contributed by atoms with Crippen LogP contribution in [-0.4, -0.2) is 6.04 Å². The summed E-state index contributed by atoms with van der Waals surface area (Å²) in [5, 5.41) is 23.9. The lowest BCUT2D eigenvalue weighted by Gasteiger charge is -2.36. The number of benzene rings is 6. The second kappa shape index (κ2) is 10.3. The van der Waals surface area contributed by atoms with Gasteiger partial charge in [-0.15, -0.1) is 0 Å². The van der Waals surface area contributed by atoms with E-state index in [4.69, 9.17) is 8.83 Å². The maximum atomic E-state index is 10.5. The van der Waals surface area contributed by atoms with Crippen molar-refractivity contribution in [2.75, 3.05) is 4.90 Å². The lowest BCUT2D eigenvalue weighted by molar-refractivity contribution is 0.551. The molecule has 0 radical (unpaired) electrons. The number of hydrogen-bond donors (Lipinski definition) is 0. The standard InChI is InChI=1S/C45H27N3O2/c1-45-19-5-4-14-43(45)48(38-13-3-2-12-37(38)45)44-31(26-47)10-7-11-32(44)30-16-18-40-34(22-30)36-23-35-33-21-29(28-9-6-8-27(20-28)25-46)15-17-39(33)49-41(35)24-42(36)50-40/h2-24,43H,1H3. The molecule has 0 fully saturated rings. The molecule has 5 nitrogen and oxygen atoms in total. The van der Waals surface area contributed by atoms with Crippen LogP contribution < -0.4 is 4.90 Å². The van der Waals surface area contributed by atoms with Gasteiger partial charge in [0.05, 0.1) is 28.9 Å². The number of allylic oxidation sites excluding steroid dienone is 2. The molecule has 3 heterocycles. The second-order valence-electron chi connectivity index (χ2n) is 13.3. The topological polar surface area (TPSA) is 77.1 Å². The number of nitrogens with zero attached hydrogens (tertiary/aromatic N) is 3. The Morgan fingerprint density at radius 3 is 2.10 bits per heavy atom. The largest absolute Gasteiger partial charge is 0.456 e. The Morgan fingerprint density at radius 1 is 0.620 bits per heavy atom. The van der Waals surface area contributed by atoms with Gasteiger partial charge in [0, 0.05) is 44.3 Å². The average Bonchev–Trinajstić information content (AvgIpc) is 3.79. The Hall–Kier alpha value is -6.82. The fourth-order valence-corrected chi connectivity index (χ4v) is 8.16. The number of hydrogen-bond acceptors (Lipinski definition) is 5. The zero-order valence-corrected chi connectivity index (χ0v) is 27.0. The van der Waals surface area contributed by atoms with Gasteiger partial charge >= 0.3 is 0 Å². The first-order chi connectivity index (χ1) is 24.5. The van der Waals surface area contributed by atoms with Gasteiger partial charge in [0.1, 0.15) is 28.4 Å². The third-order valence-corrected chi connectivity index (χ3v) is 10.6. The van der Waals surface area contributed by atoms with E-state index in [0.717, 1.165) is 77.5 Å².